The molecule has 0 fully saturated rings. The van der Waals surface area contributed by atoms with Crippen molar-refractivity contribution < 1.29 is 4.79 Å². The topological polar surface area (TPSA) is 47.3 Å². The first kappa shape index (κ1) is 15.4. The summed E-state index contributed by atoms with van der Waals surface area (Å²) in [5.74, 6) is -0.129. The summed E-state index contributed by atoms with van der Waals surface area (Å²) in [6.07, 6.45) is 0. The van der Waals surface area contributed by atoms with Gasteiger partial charge in [-0.2, -0.15) is 5.26 Å². The van der Waals surface area contributed by atoms with Gasteiger partial charge in [0.15, 0.2) is 0 Å². The molecular weight excluding hydrogens is 310 g/mol. The molecule has 0 radical (unpaired) electrons. The van der Waals surface area contributed by atoms with E-state index in [1.54, 1.807) is 11.0 Å². The first-order valence-electron chi connectivity index (χ1n) is 7.29. The number of anilines is 1. The van der Waals surface area contributed by atoms with Crippen molar-refractivity contribution in [2.24, 2.45) is 0 Å². The third-order valence-electron chi connectivity index (χ3n) is 4.06. The quantitative estimate of drug-likeness (QED) is 0.865. The van der Waals surface area contributed by atoms with Gasteiger partial charge in [-0.1, -0.05) is 41.9 Å². The molecule has 23 heavy (non-hydrogen) atoms. The lowest BCUT2D eigenvalue weighted by atomic mass is 10.0. The molecule has 1 aliphatic rings. The average molecular weight is 326 g/mol. The minimum absolute atomic E-state index is 0.129. The molecule has 1 heterocycles. The highest BCUT2D eigenvalue weighted by Crippen LogP contribution is 2.39. The van der Waals surface area contributed by atoms with Crippen LogP contribution in [0.1, 0.15) is 27.5 Å². The van der Waals surface area contributed by atoms with Crippen LogP contribution in [0.2, 0.25) is 5.02 Å². The van der Waals surface area contributed by atoms with E-state index in [2.05, 4.69) is 6.07 Å². The standard InChI is InChI=1S/C18H16ClN3O/c1-21(2)15-9-5-7-13-16(10-20)22(18(23)17(13)15)11-12-6-3-4-8-14(12)19/h3-9,16H,11H2,1-2H3. The molecule has 2 aromatic rings. The van der Waals surface area contributed by atoms with Crippen molar-refractivity contribution in [2.75, 3.05) is 19.0 Å². The summed E-state index contributed by atoms with van der Waals surface area (Å²) in [6, 6.07) is 14.7. The summed E-state index contributed by atoms with van der Waals surface area (Å²) in [5.41, 5.74) is 3.03. The van der Waals surface area contributed by atoms with Crippen molar-refractivity contribution in [3.8, 4) is 6.07 Å². The van der Waals surface area contributed by atoms with E-state index in [4.69, 9.17) is 11.6 Å². The molecule has 0 aromatic heterocycles. The Morgan fingerprint density at radius 2 is 1.96 bits per heavy atom. The number of carbonyl (C=O) groups is 1. The number of amides is 1. The molecule has 3 rings (SSSR count). The van der Waals surface area contributed by atoms with Crippen molar-refractivity contribution >= 4 is 23.2 Å². The second-order valence-electron chi connectivity index (χ2n) is 5.69. The summed E-state index contributed by atoms with van der Waals surface area (Å²) in [4.78, 5) is 16.4. The summed E-state index contributed by atoms with van der Waals surface area (Å²) in [5, 5.41) is 10.2. The van der Waals surface area contributed by atoms with Gasteiger partial charge in [-0.15, -0.1) is 0 Å². The maximum Gasteiger partial charge on any atom is 0.258 e. The Balaban J connectivity index is 2.04. The Morgan fingerprint density at radius 1 is 1.22 bits per heavy atom. The van der Waals surface area contributed by atoms with Crippen molar-refractivity contribution in [1.29, 1.82) is 5.26 Å². The highest BCUT2D eigenvalue weighted by atomic mass is 35.5. The average Bonchev–Trinajstić information content (AvgIpc) is 2.81. The predicted molar refractivity (Wildman–Crippen MR) is 90.4 cm³/mol. The molecule has 0 saturated carbocycles. The van der Waals surface area contributed by atoms with Gasteiger partial charge in [-0.25, -0.2) is 0 Å². The molecule has 0 N–H and O–H groups in total. The first-order valence-corrected chi connectivity index (χ1v) is 7.66. The Hall–Kier alpha value is -2.51. The van der Waals surface area contributed by atoms with Crippen molar-refractivity contribution in [2.45, 2.75) is 12.6 Å². The van der Waals surface area contributed by atoms with Gasteiger partial charge in [0.05, 0.1) is 11.6 Å². The van der Waals surface area contributed by atoms with Gasteiger partial charge in [0.25, 0.3) is 5.91 Å². The van der Waals surface area contributed by atoms with E-state index >= 15 is 0 Å². The zero-order valence-corrected chi connectivity index (χ0v) is 13.7. The first-order chi connectivity index (χ1) is 11.0. The number of halogens is 1. The minimum Gasteiger partial charge on any atom is -0.377 e. The van der Waals surface area contributed by atoms with Crippen LogP contribution in [0.3, 0.4) is 0 Å². The van der Waals surface area contributed by atoms with Crippen LogP contribution in [0.4, 0.5) is 5.69 Å². The Bertz CT molecular complexity index is 810. The van der Waals surface area contributed by atoms with Crippen LogP contribution in [-0.2, 0) is 6.54 Å². The number of fused-ring (bicyclic) bond motifs is 1. The molecule has 2 aromatic carbocycles. The van der Waals surface area contributed by atoms with Gasteiger partial charge < -0.3 is 9.80 Å². The molecular formula is C18H16ClN3O. The highest BCUT2D eigenvalue weighted by Gasteiger charge is 2.39. The van der Waals surface area contributed by atoms with E-state index in [0.29, 0.717) is 17.1 Å². The molecule has 0 spiro atoms. The van der Waals surface area contributed by atoms with E-state index in [9.17, 15) is 10.1 Å². The molecule has 1 amide bonds. The highest BCUT2D eigenvalue weighted by molar-refractivity contribution is 6.31. The van der Waals surface area contributed by atoms with Crippen LogP contribution in [0.25, 0.3) is 0 Å². The van der Waals surface area contributed by atoms with Crippen molar-refractivity contribution in [3.05, 3.63) is 64.2 Å². The zero-order valence-electron chi connectivity index (χ0n) is 13.0. The van der Waals surface area contributed by atoms with Crippen LogP contribution in [0.15, 0.2) is 42.5 Å². The second kappa shape index (κ2) is 5.94. The van der Waals surface area contributed by atoms with Crippen molar-refractivity contribution in [3.63, 3.8) is 0 Å². The number of nitriles is 1. The summed E-state index contributed by atoms with van der Waals surface area (Å²) in [6.45, 7) is 0.318. The summed E-state index contributed by atoms with van der Waals surface area (Å²) in [7, 11) is 3.78. The largest absolute Gasteiger partial charge is 0.377 e. The summed E-state index contributed by atoms with van der Waals surface area (Å²) >= 11 is 6.21. The third kappa shape index (κ3) is 2.54. The molecule has 0 aliphatic carbocycles. The minimum atomic E-state index is -0.589. The lowest BCUT2D eigenvalue weighted by Crippen LogP contribution is -2.27. The fourth-order valence-corrected chi connectivity index (χ4v) is 3.13. The molecule has 116 valence electrons. The fraction of sp³-hybridized carbons (Fsp3) is 0.222. The fourth-order valence-electron chi connectivity index (χ4n) is 2.93. The maximum absolute atomic E-state index is 12.9. The maximum atomic E-state index is 12.9. The summed E-state index contributed by atoms with van der Waals surface area (Å²) < 4.78 is 0. The Labute approximate surface area is 140 Å². The van der Waals surface area contributed by atoms with E-state index < -0.39 is 6.04 Å². The zero-order chi connectivity index (χ0) is 16.6. The lowest BCUT2D eigenvalue weighted by Gasteiger charge is -2.21. The lowest BCUT2D eigenvalue weighted by molar-refractivity contribution is 0.0745. The number of hydrogen-bond donors (Lipinski definition) is 0. The van der Waals surface area contributed by atoms with E-state index in [0.717, 1.165) is 16.8 Å². The predicted octanol–water partition coefficient (Wildman–Crippen LogP) is 3.63. The molecule has 0 bridgehead atoms. The van der Waals surface area contributed by atoms with E-state index in [1.165, 1.54) is 0 Å². The third-order valence-corrected chi connectivity index (χ3v) is 4.43. The number of hydrogen-bond acceptors (Lipinski definition) is 3. The number of benzene rings is 2. The molecule has 4 nitrogen and oxygen atoms in total. The van der Waals surface area contributed by atoms with Crippen LogP contribution in [0, 0.1) is 11.3 Å². The van der Waals surface area contributed by atoms with Crippen LogP contribution in [0.5, 0.6) is 0 Å². The Morgan fingerprint density at radius 3 is 2.61 bits per heavy atom. The van der Waals surface area contributed by atoms with Crippen LogP contribution in [-0.4, -0.2) is 24.9 Å². The molecule has 0 saturated heterocycles. The molecule has 1 unspecified atom stereocenters. The van der Waals surface area contributed by atoms with Crippen LogP contribution < -0.4 is 4.90 Å². The monoisotopic (exact) mass is 325 g/mol. The number of carbonyl (C=O) groups excluding carboxylic acids is 1. The normalized spacial score (nSPS) is 16.2. The van der Waals surface area contributed by atoms with Gasteiger partial charge in [0.2, 0.25) is 0 Å². The van der Waals surface area contributed by atoms with Gasteiger partial charge >= 0.3 is 0 Å². The van der Waals surface area contributed by atoms with Gasteiger partial charge in [0.1, 0.15) is 6.04 Å². The molecule has 1 atom stereocenters. The second-order valence-corrected chi connectivity index (χ2v) is 6.10. The Kier molecular flexibility index (Phi) is 3.97. The number of rotatable bonds is 3. The number of nitrogens with zero attached hydrogens (tertiary/aromatic N) is 3. The van der Waals surface area contributed by atoms with Gasteiger partial charge in [-0.05, 0) is 17.7 Å². The van der Waals surface area contributed by atoms with Gasteiger partial charge in [-0.3, -0.25) is 4.79 Å². The SMILES string of the molecule is CN(C)c1cccc2c1C(=O)N(Cc1ccccc1Cl)C2C#N. The van der Waals surface area contributed by atoms with E-state index in [-0.39, 0.29) is 5.91 Å². The van der Waals surface area contributed by atoms with Crippen LogP contribution >= 0.6 is 11.6 Å². The van der Waals surface area contributed by atoms with E-state index in [1.807, 2.05) is 55.4 Å². The van der Waals surface area contributed by atoms with Crippen molar-refractivity contribution in [1.82, 2.24) is 4.90 Å². The smallest absolute Gasteiger partial charge is 0.258 e. The van der Waals surface area contributed by atoms with Gasteiger partial charge in [0, 0.05) is 36.9 Å². The molecule has 1 aliphatic heterocycles. The molecule has 5 heteroatoms.